The fraction of sp³-hybridized carbons (Fsp3) is 0.450. The number of amides is 1. The van der Waals surface area contributed by atoms with Gasteiger partial charge in [0, 0.05) is 30.4 Å². The third-order valence-electron chi connectivity index (χ3n) is 3.70. The van der Waals surface area contributed by atoms with Gasteiger partial charge in [0.15, 0.2) is 0 Å². The SMILES string of the molecule is C=Cc1ccc(COC(=O)CCSCC(C=O)CC(C)NC(C)=O)cc1.N. The first-order chi connectivity index (χ1) is 12.4. The van der Waals surface area contributed by atoms with Gasteiger partial charge in [-0.3, -0.25) is 9.59 Å². The highest BCUT2D eigenvalue weighted by molar-refractivity contribution is 7.99. The van der Waals surface area contributed by atoms with Gasteiger partial charge in [-0.25, -0.2) is 0 Å². The second-order valence-corrected chi connectivity index (χ2v) is 7.31. The number of carbonyl (C=O) groups excluding carboxylic acids is 3. The first kappa shape index (κ1) is 24.9. The van der Waals surface area contributed by atoms with Crippen molar-refractivity contribution >= 4 is 36.0 Å². The van der Waals surface area contributed by atoms with E-state index < -0.39 is 0 Å². The molecule has 2 atom stereocenters. The molecule has 6 nitrogen and oxygen atoms in total. The van der Waals surface area contributed by atoms with Gasteiger partial charge in [-0.05, 0) is 24.5 Å². The summed E-state index contributed by atoms with van der Waals surface area (Å²) >= 11 is 1.55. The number of esters is 1. The highest BCUT2D eigenvalue weighted by atomic mass is 32.2. The Bertz CT molecular complexity index is 605. The van der Waals surface area contributed by atoms with Crippen LogP contribution in [0.2, 0.25) is 0 Å². The van der Waals surface area contributed by atoms with Gasteiger partial charge in [0.05, 0.1) is 6.42 Å². The quantitative estimate of drug-likeness (QED) is 0.320. The van der Waals surface area contributed by atoms with Crippen molar-refractivity contribution in [2.75, 3.05) is 11.5 Å². The van der Waals surface area contributed by atoms with E-state index in [2.05, 4.69) is 11.9 Å². The molecule has 1 amide bonds. The molecule has 0 bridgehead atoms. The lowest BCUT2D eigenvalue weighted by molar-refractivity contribution is -0.144. The lowest BCUT2D eigenvalue weighted by Gasteiger charge is -2.16. The van der Waals surface area contributed by atoms with Crippen LogP contribution in [0.1, 0.15) is 37.8 Å². The summed E-state index contributed by atoms with van der Waals surface area (Å²) in [7, 11) is 0. The number of thioether (sulfide) groups is 1. The molecule has 1 rings (SSSR count). The van der Waals surface area contributed by atoms with Crippen LogP contribution in [-0.4, -0.2) is 35.7 Å². The molecule has 1 aromatic rings. The smallest absolute Gasteiger partial charge is 0.306 e. The molecule has 0 fully saturated rings. The summed E-state index contributed by atoms with van der Waals surface area (Å²) in [5.41, 5.74) is 1.96. The van der Waals surface area contributed by atoms with Crippen LogP contribution in [0.25, 0.3) is 6.08 Å². The molecule has 0 saturated carbocycles. The van der Waals surface area contributed by atoms with E-state index in [1.807, 2.05) is 31.2 Å². The van der Waals surface area contributed by atoms with Crippen molar-refractivity contribution in [3.05, 3.63) is 42.0 Å². The van der Waals surface area contributed by atoms with Gasteiger partial charge in [-0.15, -0.1) is 0 Å². The molecular weight excluding hydrogens is 364 g/mol. The molecule has 0 aliphatic rings. The summed E-state index contributed by atoms with van der Waals surface area (Å²) in [4.78, 5) is 33.9. The molecule has 0 aliphatic carbocycles. The molecule has 0 heterocycles. The fourth-order valence-corrected chi connectivity index (χ4v) is 3.39. The van der Waals surface area contributed by atoms with Gasteiger partial charge in [-0.2, -0.15) is 11.8 Å². The summed E-state index contributed by atoms with van der Waals surface area (Å²) in [6.45, 7) is 7.29. The fourth-order valence-electron chi connectivity index (χ4n) is 2.40. The molecule has 0 aromatic heterocycles. The zero-order chi connectivity index (χ0) is 19.4. The average Bonchev–Trinajstić information content (AvgIpc) is 2.62. The third kappa shape index (κ3) is 11.2. The maximum Gasteiger partial charge on any atom is 0.306 e. The van der Waals surface area contributed by atoms with E-state index in [0.29, 0.717) is 24.3 Å². The minimum atomic E-state index is -0.250. The average molecular weight is 395 g/mol. The highest BCUT2D eigenvalue weighted by Crippen LogP contribution is 2.14. The summed E-state index contributed by atoms with van der Waals surface area (Å²) in [6.07, 6.45) is 3.58. The van der Waals surface area contributed by atoms with Crippen molar-refractivity contribution in [3.63, 3.8) is 0 Å². The summed E-state index contributed by atoms with van der Waals surface area (Å²) in [5.74, 6) is 0.745. The maximum atomic E-state index is 11.8. The molecule has 0 radical (unpaired) electrons. The Kier molecular flexibility index (Phi) is 12.9. The monoisotopic (exact) mass is 394 g/mol. The third-order valence-corrected chi connectivity index (χ3v) is 4.85. The number of benzene rings is 1. The number of ether oxygens (including phenoxy) is 1. The van der Waals surface area contributed by atoms with Gasteiger partial charge >= 0.3 is 5.97 Å². The number of carbonyl (C=O) groups is 3. The van der Waals surface area contributed by atoms with Crippen LogP contribution in [0.5, 0.6) is 0 Å². The van der Waals surface area contributed by atoms with E-state index in [9.17, 15) is 14.4 Å². The number of aldehydes is 1. The Hall–Kier alpha value is -2.12. The lowest BCUT2D eigenvalue weighted by Crippen LogP contribution is -2.32. The second kappa shape index (κ2) is 14.0. The van der Waals surface area contributed by atoms with Crippen molar-refractivity contribution in [1.82, 2.24) is 11.5 Å². The predicted molar refractivity (Wildman–Crippen MR) is 111 cm³/mol. The lowest BCUT2D eigenvalue weighted by atomic mass is 10.0. The predicted octanol–water partition coefficient (Wildman–Crippen LogP) is 3.39. The van der Waals surface area contributed by atoms with Crippen LogP contribution in [0.4, 0.5) is 0 Å². The topological polar surface area (TPSA) is 107 Å². The summed E-state index contributed by atoms with van der Waals surface area (Å²) in [6, 6.07) is 7.62. The minimum Gasteiger partial charge on any atom is -0.461 e. The van der Waals surface area contributed by atoms with Gasteiger partial charge in [0.25, 0.3) is 0 Å². The molecule has 7 heteroatoms. The number of nitrogens with one attached hydrogen (secondary N) is 1. The van der Waals surface area contributed by atoms with Gasteiger partial charge in [0.2, 0.25) is 5.91 Å². The number of rotatable bonds is 12. The minimum absolute atomic E-state index is 0. The Morgan fingerprint density at radius 3 is 2.52 bits per heavy atom. The van der Waals surface area contributed by atoms with E-state index in [4.69, 9.17) is 4.74 Å². The van der Waals surface area contributed by atoms with E-state index in [1.54, 1.807) is 17.8 Å². The molecule has 27 heavy (non-hydrogen) atoms. The van der Waals surface area contributed by atoms with Crippen molar-refractivity contribution in [2.45, 2.75) is 39.3 Å². The Morgan fingerprint density at radius 2 is 1.96 bits per heavy atom. The zero-order valence-electron chi connectivity index (χ0n) is 16.1. The van der Waals surface area contributed by atoms with Gasteiger partial charge in [-0.1, -0.05) is 36.9 Å². The van der Waals surface area contributed by atoms with E-state index in [1.165, 1.54) is 6.92 Å². The number of hydrogen-bond donors (Lipinski definition) is 2. The summed E-state index contributed by atoms with van der Waals surface area (Å²) in [5, 5.41) is 2.77. The molecule has 0 spiro atoms. The Labute approximate surface area is 165 Å². The highest BCUT2D eigenvalue weighted by Gasteiger charge is 2.14. The largest absolute Gasteiger partial charge is 0.461 e. The van der Waals surface area contributed by atoms with Crippen molar-refractivity contribution in [1.29, 1.82) is 0 Å². The Morgan fingerprint density at radius 1 is 1.30 bits per heavy atom. The van der Waals surface area contributed by atoms with Crippen LogP contribution in [0.3, 0.4) is 0 Å². The first-order valence-corrected chi connectivity index (χ1v) is 9.77. The molecule has 2 unspecified atom stereocenters. The van der Waals surface area contributed by atoms with Crippen molar-refractivity contribution in [2.24, 2.45) is 5.92 Å². The van der Waals surface area contributed by atoms with E-state index in [0.717, 1.165) is 17.4 Å². The summed E-state index contributed by atoms with van der Waals surface area (Å²) < 4.78 is 5.25. The zero-order valence-corrected chi connectivity index (χ0v) is 16.9. The van der Waals surface area contributed by atoms with Crippen molar-refractivity contribution in [3.8, 4) is 0 Å². The molecule has 0 aliphatic heterocycles. The number of hydrogen-bond acceptors (Lipinski definition) is 6. The molecule has 1 aromatic carbocycles. The van der Waals surface area contributed by atoms with Crippen LogP contribution in [-0.2, 0) is 25.7 Å². The van der Waals surface area contributed by atoms with Crippen LogP contribution < -0.4 is 11.5 Å². The standard InChI is InChI=1S/C20H27NO4S.H3N/c1-4-17-5-7-18(8-6-17)13-25-20(24)9-10-26-14-19(12-22)11-15(2)21-16(3)23;/h4-8,12,15,19H,1,9-11,13-14H2,2-3H3,(H,21,23);1H3. The molecule has 150 valence electrons. The van der Waals surface area contributed by atoms with Gasteiger partial charge < -0.3 is 21.0 Å². The molecule has 4 N–H and O–H groups in total. The van der Waals surface area contributed by atoms with Crippen LogP contribution in [0.15, 0.2) is 30.8 Å². The van der Waals surface area contributed by atoms with Crippen LogP contribution in [0, 0.1) is 5.92 Å². The first-order valence-electron chi connectivity index (χ1n) is 8.61. The normalized spacial score (nSPS) is 12.2. The van der Waals surface area contributed by atoms with E-state index >= 15 is 0 Å². The van der Waals surface area contributed by atoms with Crippen LogP contribution >= 0.6 is 11.8 Å². The Balaban J connectivity index is 0.00000676. The maximum absolute atomic E-state index is 11.8. The van der Waals surface area contributed by atoms with E-state index in [-0.39, 0.29) is 36.6 Å². The second-order valence-electron chi connectivity index (χ2n) is 6.16. The molecule has 0 saturated heterocycles. The van der Waals surface area contributed by atoms with Gasteiger partial charge in [0.1, 0.15) is 12.9 Å². The molecular formula is C20H30N2O4S. The van der Waals surface area contributed by atoms with Crippen molar-refractivity contribution < 1.29 is 19.1 Å².